The Bertz CT molecular complexity index is 820. The Balaban J connectivity index is 3.26. The molecule has 13 nitrogen and oxygen atoms in total. The van der Waals surface area contributed by atoms with E-state index in [-0.39, 0.29) is 30.9 Å². The van der Waals surface area contributed by atoms with Gasteiger partial charge >= 0.3 is 5.97 Å². The minimum absolute atomic E-state index is 0.0250. The third-order valence-electron chi connectivity index (χ3n) is 8.20. The van der Waals surface area contributed by atoms with Gasteiger partial charge in [0.1, 0.15) is 13.2 Å². The first-order chi connectivity index (χ1) is 25.0. The van der Waals surface area contributed by atoms with E-state index in [1.165, 1.54) is 57.8 Å². The number of rotatable bonds is 41. The Morgan fingerprint density at radius 2 is 0.824 bits per heavy atom. The summed E-state index contributed by atoms with van der Waals surface area (Å²) in [7, 11) is 0. The first-order valence-electron chi connectivity index (χ1n) is 20.0. The summed E-state index contributed by atoms with van der Waals surface area (Å²) in [6.07, 6.45) is 21.4. The number of carboxylic acid groups (broad SMARTS) is 1. The number of unbranched alkanes of at least 4 members (excludes halogenated alkanes) is 15. The van der Waals surface area contributed by atoms with Gasteiger partial charge in [0.05, 0.1) is 39.6 Å². The van der Waals surface area contributed by atoms with Gasteiger partial charge in [-0.2, -0.15) is 0 Å². The molecule has 51 heavy (non-hydrogen) atoms. The number of aliphatic carboxylic acids is 1. The van der Waals surface area contributed by atoms with Crippen molar-refractivity contribution in [2.45, 2.75) is 135 Å². The lowest BCUT2D eigenvalue weighted by molar-refractivity contribution is -0.137. The van der Waals surface area contributed by atoms with Crippen LogP contribution in [0.25, 0.3) is 0 Å². The molecule has 13 heteroatoms. The highest BCUT2D eigenvalue weighted by atomic mass is 16.5. The fraction of sp³-hybridized carbons (Fsp3) is 0.895. The van der Waals surface area contributed by atoms with Gasteiger partial charge in [-0.15, -0.1) is 0 Å². The maximum absolute atomic E-state index is 12.0. The minimum Gasteiger partial charge on any atom is -0.481 e. The van der Waals surface area contributed by atoms with Gasteiger partial charge < -0.3 is 45.3 Å². The summed E-state index contributed by atoms with van der Waals surface area (Å²) >= 11 is 0. The molecular formula is C38H74N4O9. The molecule has 0 saturated carbocycles. The Morgan fingerprint density at radius 3 is 1.35 bits per heavy atom. The Kier molecular flexibility index (Phi) is 38.6. The Hall–Kier alpha value is -2.32. The van der Waals surface area contributed by atoms with E-state index in [4.69, 9.17) is 24.1 Å². The number of carbonyl (C=O) groups excluding carboxylic acids is 3. The van der Waals surface area contributed by atoms with Crippen molar-refractivity contribution < 1.29 is 43.2 Å². The highest BCUT2D eigenvalue weighted by Crippen LogP contribution is 2.13. The second kappa shape index (κ2) is 40.5. The van der Waals surface area contributed by atoms with Crippen molar-refractivity contribution in [1.82, 2.24) is 21.3 Å². The van der Waals surface area contributed by atoms with Gasteiger partial charge in [0.2, 0.25) is 17.7 Å². The molecule has 0 atom stereocenters. The summed E-state index contributed by atoms with van der Waals surface area (Å²) < 4.78 is 21.5. The molecule has 0 aliphatic rings. The van der Waals surface area contributed by atoms with E-state index in [2.05, 4.69) is 28.2 Å². The molecule has 0 aromatic heterocycles. The summed E-state index contributed by atoms with van der Waals surface area (Å²) in [6.45, 7) is 7.79. The molecule has 0 radical (unpaired) electrons. The maximum atomic E-state index is 12.0. The van der Waals surface area contributed by atoms with Gasteiger partial charge in [-0.05, 0) is 38.6 Å². The Labute approximate surface area is 308 Å². The standard InChI is InChI=1S/C38H74N4O9/c1-2-3-23-41-36(44)33-50-32-30-49-28-26-42-37(45)34-51-31-29-48-27-25-39-22-18-19-24-40-35(43)20-16-14-12-10-8-6-4-5-7-9-11-13-15-17-21-38(46)47/h39H,2-34H2,1H3,(H,40,43)(H,41,44)(H,42,45)(H,46,47). The van der Waals surface area contributed by atoms with E-state index in [0.29, 0.717) is 65.6 Å². The summed E-state index contributed by atoms with van der Waals surface area (Å²) in [5.74, 6) is -0.860. The van der Waals surface area contributed by atoms with Crippen molar-refractivity contribution in [3.8, 4) is 0 Å². The van der Waals surface area contributed by atoms with Crippen LogP contribution in [0.1, 0.15) is 135 Å². The van der Waals surface area contributed by atoms with Crippen LogP contribution in [0.15, 0.2) is 0 Å². The Morgan fingerprint density at radius 1 is 0.412 bits per heavy atom. The molecule has 0 saturated heterocycles. The van der Waals surface area contributed by atoms with Crippen LogP contribution >= 0.6 is 0 Å². The monoisotopic (exact) mass is 731 g/mol. The number of hydrogen-bond donors (Lipinski definition) is 5. The van der Waals surface area contributed by atoms with E-state index in [1.807, 2.05) is 0 Å². The lowest BCUT2D eigenvalue weighted by Crippen LogP contribution is -2.31. The highest BCUT2D eigenvalue weighted by molar-refractivity contribution is 5.77. The summed E-state index contributed by atoms with van der Waals surface area (Å²) in [6, 6.07) is 0. The number of hydrogen-bond acceptors (Lipinski definition) is 9. The number of carboxylic acids is 1. The molecule has 3 amide bonds. The van der Waals surface area contributed by atoms with E-state index in [0.717, 1.165) is 77.4 Å². The molecule has 0 fully saturated rings. The third-order valence-corrected chi connectivity index (χ3v) is 8.20. The summed E-state index contributed by atoms with van der Waals surface area (Å²) in [4.78, 5) is 45.8. The van der Waals surface area contributed by atoms with Gasteiger partial charge in [0, 0.05) is 39.0 Å². The van der Waals surface area contributed by atoms with E-state index in [1.54, 1.807) is 0 Å². The maximum Gasteiger partial charge on any atom is 0.303 e. The van der Waals surface area contributed by atoms with Gasteiger partial charge in [-0.1, -0.05) is 90.4 Å². The van der Waals surface area contributed by atoms with Crippen molar-refractivity contribution in [2.75, 3.05) is 85.6 Å². The zero-order valence-electron chi connectivity index (χ0n) is 32.0. The number of amides is 3. The smallest absolute Gasteiger partial charge is 0.303 e. The fourth-order valence-corrected chi connectivity index (χ4v) is 5.18. The van der Waals surface area contributed by atoms with Gasteiger partial charge in [-0.25, -0.2) is 0 Å². The molecule has 0 bridgehead atoms. The second-order valence-corrected chi connectivity index (χ2v) is 13.0. The van der Waals surface area contributed by atoms with Crippen molar-refractivity contribution in [3.63, 3.8) is 0 Å². The van der Waals surface area contributed by atoms with Crippen molar-refractivity contribution in [2.24, 2.45) is 0 Å². The van der Waals surface area contributed by atoms with Crippen molar-refractivity contribution in [3.05, 3.63) is 0 Å². The van der Waals surface area contributed by atoms with Crippen LogP contribution in [0.5, 0.6) is 0 Å². The van der Waals surface area contributed by atoms with Crippen LogP contribution in [-0.2, 0) is 38.1 Å². The van der Waals surface area contributed by atoms with Crippen LogP contribution in [-0.4, -0.2) is 114 Å². The van der Waals surface area contributed by atoms with Crippen LogP contribution in [0.2, 0.25) is 0 Å². The molecule has 300 valence electrons. The highest BCUT2D eigenvalue weighted by Gasteiger charge is 2.04. The van der Waals surface area contributed by atoms with Crippen LogP contribution in [0, 0.1) is 0 Å². The topological polar surface area (TPSA) is 174 Å². The number of ether oxygens (including phenoxy) is 4. The molecule has 0 heterocycles. The first-order valence-corrected chi connectivity index (χ1v) is 20.0. The first kappa shape index (κ1) is 48.7. The molecule has 0 unspecified atom stereocenters. The number of carbonyl (C=O) groups is 4. The lowest BCUT2D eigenvalue weighted by Gasteiger charge is -2.09. The zero-order chi connectivity index (χ0) is 37.3. The van der Waals surface area contributed by atoms with Crippen LogP contribution in [0.3, 0.4) is 0 Å². The fourth-order valence-electron chi connectivity index (χ4n) is 5.18. The average molecular weight is 731 g/mol. The van der Waals surface area contributed by atoms with Crippen LogP contribution in [0.4, 0.5) is 0 Å². The molecule has 5 N–H and O–H groups in total. The molecule has 0 aromatic carbocycles. The third kappa shape index (κ3) is 42.0. The van der Waals surface area contributed by atoms with Gasteiger partial charge in [0.25, 0.3) is 0 Å². The molecule has 0 spiro atoms. The molecule has 0 rings (SSSR count). The average Bonchev–Trinajstić information content (AvgIpc) is 3.11. The summed E-state index contributed by atoms with van der Waals surface area (Å²) in [5.41, 5.74) is 0. The number of nitrogens with one attached hydrogen (secondary N) is 4. The zero-order valence-corrected chi connectivity index (χ0v) is 32.0. The predicted molar refractivity (Wildman–Crippen MR) is 201 cm³/mol. The van der Waals surface area contributed by atoms with Gasteiger partial charge in [0.15, 0.2) is 0 Å². The second-order valence-electron chi connectivity index (χ2n) is 13.0. The summed E-state index contributed by atoms with van der Waals surface area (Å²) in [5, 5.41) is 20.5. The molecule has 0 aliphatic heterocycles. The van der Waals surface area contributed by atoms with E-state index < -0.39 is 5.97 Å². The SMILES string of the molecule is CCCCNC(=O)COCCOCCNC(=O)COCCOCCNCCCCNC(=O)CCCCCCCCCCCCCCCCC(=O)O. The lowest BCUT2D eigenvalue weighted by atomic mass is 10.0. The van der Waals surface area contributed by atoms with Crippen molar-refractivity contribution in [1.29, 1.82) is 0 Å². The normalized spacial score (nSPS) is 11.1. The largest absolute Gasteiger partial charge is 0.481 e. The van der Waals surface area contributed by atoms with Gasteiger partial charge in [-0.3, -0.25) is 19.2 Å². The minimum atomic E-state index is -0.684. The van der Waals surface area contributed by atoms with E-state index >= 15 is 0 Å². The molecule has 0 aliphatic carbocycles. The quantitative estimate of drug-likeness (QED) is 0.0545. The molecule has 0 aromatic rings. The van der Waals surface area contributed by atoms with Crippen molar-refractivity contribution >= 4 is 23.7 Å². The van der Waals surface area contributed by atoms with E-state index in [9.17, 15) is 19.2 Å². The predicted octanol–water partition coefficient (Wildman–Crippen LogP) is 4.90. The van der Waals surface area contributed by atoms with Crippen LogP contribution < -0.4 is 21.3 Å². The molecular weight excluding hydrogens is 656 g/mol.